The third-order valence-corrected chi connectivity index (χ3v) is 5.72. The molecule has 1 atom stereocenters. The first-order chi connectivity index (χ1) is 12.1. The fourth-order valence-electron chi connectivity index (χ4n) is 3.01. The summed E-state index contributed by atoms with van der Waals surface area (Å²) in [5.41, 5.74) is 1.29. The summed E-state index contributed by atoms with van der Waals surface area (Å²) in [6.07, 6.45) is 3.11. The lowest BCUT2D eigenvalue weighted by Crippen LogP contribution is -2.39. The van der Waals surface area contributed by atoms with Crippen LogP contribution in [-0.4, -0.2) is 37.6 Å². The first-order valence-electron chi connectivity index (χ1n) is 8.50. The van der Waals surface area contributed by atoms with Crippen molar-refractivity contribution in [2.75, 3.05) is 31.6 Å². The van der Waals surface area contributed by atoms with Gasteiger partial charge in [-0.05, 0) is 37.5 Å². The van der Waals surface area contributed by atoms with E-state index in [9.17, 15) is 0 Å². The molecule has 3 rings (SSSR count). The van der Waals surface area contributed by atoms with Gasteiger partial charge in [0.1, 0.15) is 5.01 Å². The number of nitrogens with zero attached hydrogens (tertiary/aromatic N) is 3. The van der Waals surface area contributed by atoms with Crippen LogP contribution in [0.4, 0.5) is 5.69 Å². The number of halogens is 1. The molecule has 0 radical (unpaired) electrons. The van der Waals surface area contributed by atoms with Crippen molar-refractivity contribution in [2.45, 2.75) is 19.9 Å². The predicted molar refractivity (Wildman–Crippen MR) is 110 cm³/mol. The highest BCUT2D eigenvalue weighted by atomic mass is 79.9. The maximum atomic E-state index is 4.37. The molecule has 1 aliphatic heterocycles. The second-order valence-electron chi connectivity index (χ2n) is 6.25. The summed E-state index contributed by atoms with van der Waals surface area (Å²) in [4.78, 5) is 12.4. The molecule has 5 nitrogen and oxygen atoms in total. The highest BCUT2D eigenvalue weighted by molar-refractivity contribution is 9.10. The first-order valence-corrected chi connectivity index (χ1v) is 10.1. The second-order valence-corrected chi connectivity index (χ2v) is 8.49. The number of rotatable bonds is 5. The number of aryl methyl sites for hydroxylation is 1. The van der Waals surface area contributed by atoms with Crippen LogP contribution in [0.3, 0.4) is 0 Å². The Labute approximate surface area is 161 Å². The lowest BCUT2D eigenvalue weighted by atomic mass is 10.1. The monoisotopic (exact) mass is 421 g/mol. The van der Waals surface area contributed by atoms with Gasteiger partial charge in [0, 0.05) is 47.9 Å². The molecule has 0 aliphatic carbocycles. The van der Waals surface area contributed by atoms with Crippen LogP contribution in [0.25, 0.3) is 0 Å². The fraction of sp³-hybridized carbons (Fsp3) is 0.444. The van der Waals surface area contributed by atoms with Crippen LogP contribution in [0.2, 0.25) is 0 Å². The zero-order valence-electron chi connectivity index (χ0n) is 14.6. The largest absolute Gasteiger partial charge is 0.371 e. The summed E-state index contributed by atoms with van der Waals surface area (Å²) in [6.45, 7) is 5.90. The minimum atomic E-state index is 0.625. The normalized spacial score (nSPS) is 17.8. The van der Waals surface area contributed by atoms with Crippen molar-refractivity contribution in [3.8, 4) is 0 Å². The summed E-state index contributed by atoms with van der Waals surface area (Å²) in [5, 5.41) is 7.88. The molecule has 7 heteroatoms. The van der Waals surface area contributed by atoms with E-state index in [1.807, 2.05) is 13.2 Å². The molecule has 25 heavy (non-hydrogen) atoms. The Morgan fingerprint density at radius 1 is 1.44 bits per heavy atom. The van der Waals surface area contributed by atoms with Crippen molar-refractivity contribution >= 4 is 38.9 Å². The smallest absolute Gasteiger partial charge is 0.191 e. The minimum absolute atomic E-state index is 0.625. The average molecular weight is 422 g/mol. The lowest BCUT2D eigenvalue weighted by Gasteiger charge is -2.19. The molecule has 1 unspecified atom stereocenters. The van der Waals surface area contributed by atoms with Gasteiger partial charge in [0.05, 0.1) is 6.54 Å². The Morgan fingerprint density at radius 3 is 3.04 bits per heavy atom. The molecule has 1 aromatic carbocycles. The van der Waals surface area contributed by atoms with Gasteiger partial charge in [-0.15, -0.1) is 11.3 Å². The average Bonchev–Trinajstić information content (AvgIpc) is 3.24. The van der Waals surface area contributed by atoms with E-state index < -0.39 is 0 Å². The maximum absolute atomic E-state index is 4.37. The Morgan fingerprint density at radius 2 is 2.32 bits per heavy atom. The molecule has 1 fully saturated rings. The fourth-order valence-corrected chi connectivity index (χ4v) is 4.12. The number of anilines is 1. The van der Waals surface area contributed by atoms with Gasteiger partial charge < -0.3 is 15.5 Å². The van der Waals surface area contributed by atoms with E-state index in [2.05, 4.69) is 72.6 Å². The third-order valence-electron chi connectivity index (χ3n) is 4.32. The topological polar surface area (TPSA) is 52.6 Å². The summed E-state index contributed by atoms with van der Waals surface area (Å²) in [7, 11) is 1.81. The van der Waals surface area contributed by atoms with Gasteiger partial charge in [-0.25, -0.2) is 4.98 Å². The van der Waals surface area contributed by atoms with Gasteiger partial charge >= 0.3 is 0 Å². The van der Waals surface area contributed by atoms with Gasteiger partial charge in [0.15, 0.2) is 5.96 Å². The van der Waals surface area contributed by atoms with E-state index in [1.165, 1.54) is 17.0 Å². The molecular formula is C18H24BrN5S. The van der Waals surface area contributed by atoms with Crippen LogP contribution in [0.15, 0.2) is 39.9 Å². The third kappa shape index (κ3) is 5.19. The molecule has 0 spiro atoms. The van der Waals surface area contributed by atoms with Crippen LogP contribution >= 0.6 is 27.3 Å². The quantitative estimate of drug-likeness (QED) is 0.573. The van der Waals surface area contributed by atoms with Crippen molar-refractivity contribution in [1.29, 1.82) is 0 Å². The lowest BCUT2D eigenvalue weighted by molar-refractivity contribution is 0.565. The van der Waals surface area contributed by atoms with E-state index in [1.54, 1.807) is 11.3 Å². The zero-order valence-corrected chi connectivity index (χ0v) is 17.0. The van der Waals surface area contributed by atoms with Crippen molar-refractivity contribution in [1.82, 2.24) is 15.6 Å². The van der Waals surface area contributed by atoms with E-state index >= 15 is 0 Å². The van der Waals surface area contributed by atoms with Crippen LogP contribution in [0, 0.1) is 12.8 Å². The van der Waals surface area contributed by atoms with Crippen molar-refractivity contribution in [3.05, 3.63) is 44.8 Å². The van der Waals surface area contributed by atoms with Crippen LogP contribution < -0.4 is 15.5 Å². The number of guanidine groups is 1. The molecule has 1 aromatic heterocycles. The molecule has 2 heterocycles. The van der Waals surface area contributed by atoms with Gasteiger partial charge in [0.2, 0.25) is 0 Å². The number of aliphatic imine (C=N–C) groups is 1. The summed E-state index contributed by atoms with van der Waals surface area (Å²) in [6, 6.07) is 8.53. The molecule has 2 aromatic rings. The SMILES string of the molecule is CN=C(NCc1ncc(C)s1)NCC1CCN(c2cccc(Br)c2)C1. The van der Waals surface area contributed by atoms with Gasteiger partial charge in [-0.1, -0.05) is 22.0 Å². The van der Waals surface area contributed by atoms with E-state index in [0.29, 0.717) is 12.5 Å². The van der Waals surface area contributed by atoms with Crippen LogP contribution in [-0.2, 0) is 6.54 Å². The number of hydrogen-bond acceptors (Lipinski definition) is 4. The van der Waals surface area contributed by atoms with Gasteiger partial charge in [-0.2, -0.15) is 0 Å². The van der Waals surface area contributed by atoms with Crippen LogP contribution in [0.1, 0.15) is 16.3 Å². The molecule has 134 valence electrons. The standard InChI is InChI=1S/C18H24BrN5S/c1-13-9-21-17(25-13)11-23-18(20-2)22-10-14-6-7-24(12-14)16-5-3-4-15(19)8-16/h3-5,8-9,14H,6-7,10-12H2,1-2H3,(H2,20,22,23). The molecule has 1 aliphatic rings. The number of thiazole rings is 1. The molecule has 0 amide bonds. The van der Waals surface area contributed by atoms with E-state index in [4.69, 9.17) is 0 Å². The molecule has 1 saturated heterocycles. The molecule has 2 N–H and O–H groups in total. The number of aromatic nitrogens is 1. The van der Waals surface area contributed by atoms with Gasteiger partial charge in [0.25, 0.3) is 0 Å². The Bertz CT molecular complexity index is 730. The van der Waals surface area contributed by atoms with Gasteiger partial charge in [-0.3, -0.25) is 4.99 Å². The maximum Gasteiger partial charge on any atom is 0.191 e. The number of benzene rings is 1. The van der Waals surface area contributed by atoms with Crippen molar-refractivity contribution < 1.29 is 0 Å². The predicted octanol–water partition coefficient (Wildman–Crippen LogP) is 3.41. The first kappa shape index (κ1) is 18.2. The highest BCUT2D eigenvalue weighted by Crippen LogP contribution is 2.25. The Hall–Kier alpha value is -1.60. The number of hydrogen-bond donors (Lipinski definition) is 2. The Balaban J connectivity index is 1.45. The van der Waals surface area contributed by atoms with E-state index in [0.717, 1.165) is 35.1 Å². The molecular weight excluding hydrogens is 398 g/mol. The van der Waals surface area contributed by atoms with Crippen molar-refractivity contribution in [3.63, 3.8) is 0 Å². The molecule has 0 bridgehead atoms. The Kier molecular flexibility index (Phi) is 6.31. The highest BCUT2D eigenvalue weighted by Gasteiger charge is 2.22. The summed E-state index contributed by atoms with van der Waals surface area (Å²) >= 11 is 5.27. The summed E-state index contributed by atoms with van der Waals surface area (Å²) < 4.78 is 1.13. The van der Waals surface area contributed by atoms with E-state index in [-0.39, 0.29) is 0 Å². The zero-order chi connectivity index (χ0) is 17.6. The molecule has 0 saturated carbocycles. The second kappa shape index (κ2) is 8.67. The summed E-state index contributed by atoms with van der Waals surface area (Å²) in [5.74, 6) is 1.47. The minimum Gasteiger partial charge on any atom is -0.371 e. The van der Waals surface area contributed by atoms with Crippen LogP contribution in [0.5, 0.6) is 0 Å². The van der Waals surface area contributed by atoms with Crippen molar-refractivity contribution in [2.24, 2.45) is 10.9 Å². The number of nitrogens with one attached hydrogen (secondary N) is 2.